The Bertz CT molecular complexity index is 480. The summed E-state index contributed by atoms with van der Waals surface area (Å²) >= 11 is 6.06. The second-order valence-corrected chi connectivity index (χ2v) is 3.95. The van der Waals surface area contributed by atoms with Gasteiger partial charge in [-0.2, -0.15) is 5.10 Å². The highest BCUT2D eigenvalue weighted by Crippen LogP contribution is 2.04. The van der Waals surface area contributed by atoms with Gasteiger partial charge in [-0.3, -0.25) is 0 Å². The number of nitrogens with one attached hydrogen (secondary N) is 1. The zero-order valence-electron chi connectivity index (χ0n) is 9.31. The second-order valence-electron chi connectivity index (χ2n) is 3.59. The third-order valence-corrected chi connectivity index (χ3v) is 2.62. The summed E-state index contributed by atoms with van der Waals surface area (Å²) in [6.45, 7) is 0.671. The van der Waals surface area contributed by atoms with E-state index in [4.69, 9.17) is 11.6 Å². The molecule has 0 radical (unpaired) electrons. The molecule has 0 saturated heterocycles. The van der Waals surface area contributed by atoms with Crippen molar-refractivity contribution in [2.45, 2.75) is 6.54 Å². The van der Waals surface area contributed by atoms with Crippen LogP contribution >= 0.6 is 11.6 Å². The molecule has 2 aromatic carbocycles. The van der Waals surface area contributed by atoms with Gasteiger partial charge in [0.05, 0.1) is 6.54 Å². The molecule has 1 N–H and O–H groups in total. The number of benzene rings is 2. The molecule has 0 bridgehead atoms. The highest BCUT2D eigenvalue weighted by Gasteiger charge is 1.97. The molecule has 2 nitrogen and oxygen atoms in total. The maximum absolute atomic E-state index is 6.06. The van der Waals surface area contributed by atoms with Crippen LogP contribution in [0.3, 0.4) is 0 Å². The molecular formula is C14H13ClN2. The van der Waals surface area contributed by atoms with Crippen molar-refractivity contribution in [3.8, 4) is 0 Å². The van der Waals surface area contributed by atoms with E-state index < -0.39 is 0 Å². The average Bonchev–Trinajstić information content (AvgIpc) is 2.41. The highest BCUT2D eigenvalue weighted by molar-refractivity contribution is 6.69. The Balaban J connectivity index is 1.93. The summed E-state index contributed by atoms with van der Waals surface area (Å²) in [5.41, 5.74) is 5.04. The van der Waals surface area contributed by atoms with Gasteiger partial charge in [-0.25, -0.2) is 0 Å². The SMILES string of the molecule is Cl/C(=N\NCc1ccccc1)c1ccccc1. The van der Waals surface area contributed by atoms with E-state index in [1.807, 2.05) is 60.7 Å². The second kappa shape index (κ2) is 6.06. The largest absolute Gasteiger partial charge is 0.304 e. The highest BCUT2D eigenvalue weighted by atomic mass is 35.5. The summed E-state index contributed by atoms with van der Waals surface area (Å²) < 4.78 is 0. The minimum atomic E-state index is 0.474. The molecule has 2 aromatic rings. The molecule has 0 aliphatic rings. The smallest absolute Gasteiger partial charge is 0.156 e. The van der Waals surface area contributed by atoms with Crippen molar-refractivity contribution in [2.24, 2.45) is 5.10 Å². The van der Waals surface area contributed by atoms with Crippen LogP contribution in [0.1, 0.15) is 11.1 Å². The normalized spacial score (nSPS) is 11.2. The molecule has 17 heavy (non-hydrogen) atoms. The summed E-state index contributed by atoms with van der Waals surface area (Å²) in [5.74, 6) is 0. The maximum Gasteiger partial charge on any atom is 0.156 e. The van der Waals surface area contributed by atoms with Crippen LogP contribution in [0.2, 0.25) is 0 Å². The third-order valence-electron chi connectivity index (χ3n) is 2.32. The van der Waals surface area contributed by atoms with E-state index in [0.717, 1.165) is 5.56 Å². The molecule has 0 fully saturated rings. The van der Waals surface area contributed by atoms with Gasteiger partial charge >= 0.3 is 0 Å². The molecule has 0 unspecified atom stereocenters. The molecule has 0 aromatic heterocycles. The van der Waals surface area contributed by atoms with Crippen LogP contribution in [0.4, 0.5) is 0 Å². The number of hydrazone groups is 1. The van der Waals surface area contributed by atoms with E-state index in [1.165, 1.54) is 5.56 Å². The van der Waals surface area contributed by atoms with Crippen molar-refractivity contribution in [3.05, 3.63) is 71.8 Å². The summed E-state index contributed by atoms with van der Waals surface area (Å²) in [4.78, 5) is 0. The Hall–Kier alpha value is -1.80. The molecule has 0 spiro atoms. The molecule has 86 valence electrons. The lowest BCUT2D eigenvalue weighted by atomic mass is 10.2. The lowest BCUT2D eigenvalue weighted by Gasteiger charge is -2.02. The first kappa shape index (κ1) is 11.7. The molecule has 0 amide bonds. The Morgan fingerprint density at radius 2 is 1.53 bits per heavy atom. The van der Waals surface area contributed by atoms with E-state index in [1.54, 1.807) is 0 Å². The van der Waals surface area contributed by atoms with E-state index in [0.29, 0.717) is 11.7 Å². The molecule has 2 rings (SSSR count). The zero-order chi connectivity index (χ0) is 11.9. The fourth-order valence-corrected chi connectivity index (χ4v) is 1.62. The van der Waals surface area contributed by atoms with Crippen LogP contribution in [0.25, 0.3) is 0 Å². The fourth-order valence-electron chi connectivity index (χ4n) is 1.44. The number of hydrogen-bond acceptors (Lipinski definition) is 2. The van der Waals surface area contributed by atoms with Crippen molar-refractivity contribution in [2.75, 3.05) is 0 Å². The Morgan fingerprint density at radius 3 is 2.18 bits per heavy atom. The molecule has 0 heterocycles. The van der Waals surface area contributed by atoms with Gasteiger partial charge in [-0.15, -0.1) is 0 Å². The summed E-state index contributed by atoms with van der Waals surface area (Å²) in [7, 11) is 0. The Kier molecular flexibility index (Phi) is 4.17. The quantitative estimate of drug-likeness (QED) is 0.647. The van der Waals surface area contributed by atoms with E-state index >= 15 is 0 Å². The van der Waals surface area contributed by atoms with Crippen LogP contribution in [-0.2, 0) is 6.54 Å². The van der Waals surface area contributed by atoms with Gasteiger partial charge < -0.3 is 5.43 Å². The molecule has 0 aliphatic heterocycles. The zero-order valence-corrected chi connectivity index (χ0v) is 10.1. The summed E-state index contributed by atoms with van der Waals surface area (Å²) in [6, 6.07) is 19.7. The maximum atomic E-state index is 6.06. The van der Waals surface area contributed by atoms with Gasteiger partial charge in [0.25, 0.3) is 0 Å². The van der Waals surface area contributed by atoms with E-state index in [2.05, 4.69) is 10.5 Å². The van der Waals surface area contributed by atoms with Gasteiger partial charge in [0.2, 0.25) is 0 Å². The lowest BCUT2D eigenvalue weighted by molar-refractivity contribution is 0.747. The van der Waals surface area contributed by atoms with E-state index in [-0.39, 0.29) is 0 Å². The van der Waals surface area contributed by atoms with Crippen molar-refractivity contribution < 1.29 is 0 Å². The summed E-state index contributed by atoms with van der Waals surface area (Å²) in [5, 5.41) is 4.60. The van der Waals surface area contributed by atoms with Crippen molar-refractivity contribution in [1.29, 1.82) is 0 Å². The topological polar surface area (TPSA) is 24.4 Å². The lowest BCUT2D eigenvalue weighted by Crippen LogP contribution is -2.07. The number of halogens is 1. The van der Waals surface area contributed by atoms with Crippen LogP contribution in [-0.4, -0.2) is 5.17 Å². The minimum Gasteiger partial charge on any atom is -0.304 e. The van der Waals surface area contributed by atoms with E-state index in [9.17, 15) is 0 Å². The fraction of sp³-hybridized carbons (Fsp3) is 0.0714. The number of nitrogens with zero attached hydrogens (tertiary/aromatic N) is 1. The standard InChI is InChI=1S/C14H13ClN2/c15-14(13-9-5-2-6-10-13)17-16-11-12-7-3-1-4-8-12/h1-10,16H,11H2/b17-14-. The van der Waals surface area contributed by atoms with Crippen LogP contribution in [0.5, 0.6) is 0 Å². The predicted octanol–water partition coefficient (Wildman–Crippen LogP) is 3.38. The molecule has 3 heteroatoms. The first-order chi connectivity index (χ1) is 8.36. The number of hydrogen-bond donors (Lipinski definition) is 1. The van der Waals surface area contributed by atoms with Gasteiger partial charge in [-0.05, 0) is 5.56 Å². The first-order valence-electron chi connectivity index (χ1n) is 5.41. The number of rotatable bonds is 4. The monoisotopic (exact) mass is 244 g/mol. The van der Waals surface area contributed by atoms with Gasteiger partial charge in [-0.1, -0.05) is 72.3 Å². The first-order valence-corrected chi connectivity index (χ1v) is 5.79. The minimum absolute atomic E-state index is 0.474. The van der Waals surface area contributed by atoms with Gasteiger partial charge in [0.15, 0.2) is 5.17 Å². The summed E-state index contributed by atoms with van der Waals surface area (Å²) in [6.07, 6.45) is 0. The predicted molar refractivity (Wildman–Crippen MR) is 72.1 cm³/mol. The van der Waals surface area contributed by atoms with Gasteiger partial charge in [0, 0.05) is 5.56 Å². The van der Waals surface area contributed by atoms with Crippen LogP contribution in [0.15, 0.2) is 65.8 Å². The molecular weight excluding hydrogens is 232 g/mol. The molecule has 0 saturated carbocycles. The van der Waals surface area contributed by atoms with Crippen molar-refractivity contribution >= 4 is 16.8 Å². The van der Waals surface area contributed by atoms with Gasteiger partial charge in [0.1, 0.15) is 0 Å². The molecule has 0 atom stereocenters. The molecule has 0 aliphatic carbocycles. The van der Waals surface area contributed by atoms with Crippen LogP contribution in [0, 0.1) is 0 Å². The van der Waals surface area contributed by atoms with Crippen LogP contribution < -0.4 is 5.43 Å². The van der Waals surface area contributed by atoms with Crippen molar-refractivity contribution in [1.82, 2.24) is 5.43 Å². The Labute approximate surface area is 106 Å². The third kappa shape index (κ3) is 3.61. The average molecular weight is 245 g/mol. The Morgan fingerprint density at radius 1 is 0.941 bits per heavy atom. The van der Waals surface area contributed by atoms with Crippen molar-refractivity contribution in [3.63, 3.8) is 0 Å².